The molecule has 0 amide bonds. The van der Waals surface area contributed by atoms with Crippen molar-refractivity contribution in [1.82, 2.24) is 4.98 Å². The van der Waals surface area contributed by atoms with E-state index in [1.54, 1.807) is 12.3 Å². The average Bonchev–Trinajstić information content (AvgIpc) is 1.88. The number of nitrogens with zero attached hydrogens (tertiary/aromatic N) is 2. The van der Waals surface area contributed by atoms with E-state index in [9.17, 15) is 0 Å². The molecule has 2 nitrogen and oxygen atoms in total. The second kappa shape index (κ2) is 3.42. The lowest BCUT2D eigenvalue weighted by Gasteiger charge is -1.88. The van der Waals surface area contributed by atoms with Gasteiger partial charge in [0.1, 0.15) is 0 Å². The molecule has 0 unspecified atom stereocenters. The minimum absolute atomic E-state index is 0.548. The summed E-state index contributed by atoms with van der Waals surface area (Å²) in [4.78, 5) is 7.48. The van der Waals surface area contributed by atoms with Crippen molar-refractivity contribution in [2.45, 2.75) is 0 Å². The summed E-state index contributed by atoms with van der Waals surface area (Å²) in [5, 5.41) is 2.77. The number of pyridine rings is 1. The number of aromatic nitrogens is 1. The van der Waals surface area contributed by atoms with Crippen molar-refractivity contribution in [3.63, 3.8) is 0 Å². The van der Waals surface area contributed by atoms with Gasteiger partial charge in [-0.25, -0.2) is 0 Å². The number of hydrogen-bond acceptors (Lipinski definition) is 3. The maximum absolute atomic E-state index is 5.60. The van der Waals surface area contributed by atoms with Crippen molar-refractivity contribution in [2.75, 3.05) is 0 Å². The Morgan fingerprint density at radius 1 is 1.60 bits per heavy atom. The van der Waals surface area contributed by atoms with E-state index in [0.29, 0.717) is 10.7 Å². The Morgan fingerprint density at radius 3 is 3.00 bits per heavy atom. The summed E-state index contributed by atoms with van der Waals surface area (Å²) in [5.41, 5.74) is 0.627. The van der Waals surface area contributed by atoms with Crippen molar-refractivity contribution in [1.29, 1.82) is 0 Å². The fourth-order valence-electron chi connectivity index (χ4n) is 0.514. The molecule has 0 aromatic carbocycles. The smallest absolute Gasteiger partial charge is 0.0937 e. The molecule has 1 heterocycles. The summed E-state index contributed by atoms with van der Waals surface area (Å²) in [7, 11) is 0. The van der Waals surface area contributed by atoms with Crippen LogP contribution in [-0.2, 0) is 0 Å². The minimum atomic E-state index is 0.548. The minimum Gasteiger partial charge on any atom is -0.261 e. The molecule has 0 aliphatic heterocycles. The van der Waals surface area contributed by atoms with Crippen LogP contribution >= 0.6 is 23.8 Å². The van der Waals surface area contributed by atoms with Crippen molar-refractivity contribution >= 4 is 34.7 Å². The molecule has 0 aliphatic carbocycles. The summed E-state index contributed by atoms with van der Waals surface area (Å²) in [5.74, 6) is 0. The molecule has 0 atom stereocenters. The molecule has 1 aromatic rings. The van der Waals surface area contributed by atoms with E-state index >= 15 is 0 Å². The first-order chi connectivity index (χ1) is 4.83. The summed E-state index contributed by atoms with van der Waals surface area (Å²) in [6, 6.07) is 1.66. The van der Waals surface area contributed by atoms with Gasteiger partial charge in [0.05, 0.1) is 22.1 Å². The van der Waals surface area contributed by atoms with Crippen molar-refractivity contribution in [3.05, 3.63) is 23.5 Å². The van der Waals surface area contributed by atoms with Crippen molar-refractivity contribution in [3.8, 4) is 0 Å². The van der Waals surface area contributed by atoms with E-state index in [-0.39, 0.29) is 0 Å². The van der Waals surface area contributed by atoms with Crippen LogP contribution in [0.1, 0.15) is 0 Å². The number of hydrogen-bond donors (Lipinski definition) is 0. The number of thiocarbonyl (C=S) groups is 1. The highest BCUT2D eigenvalue weighted by molar-refractivity contribution is 7.78. The SMILES string of the molecule is S=C=Nc1cncc(Cl)c1. The Balaban J connectivity index is 3.06. The monoisotopic (exact) mass is 170 g/mol. The van der Waals surface area contributed by atoms with E-state index in [1.807, 2.05) is 0 Å². The third kappa shape index (κ3) is 1.88. The molecule has 0 saturated heterocycles. The molecule has 10 heavy (non-hydrogen) atoms. The van der Waals surface area contributed by atoms with Crippen LogP contribution in [0.3, 0.4) is 0 Å². The van der Waals surface area contributed by atoms with Gasteiger partial charge in [0.25, 0.3) is 0 Å². The second-order valence-electron chi connectivity index (χ2n) is 1.56. The van der Waals surface area contributed by atoms with Crippen molar-refractivity contribution in [2.24, 2.45) is 4.99 Å². The number of isothiocyanates is 1. The number of rotatable bonds is 1. The van der Waals surface area contributed by atoms with Gasteiger partial charge in [0, 0.05) is 6.20 Å². The van der Waals surface area contributed by atoms with Gasteiger partial charge in [-0.05, 0) is 18.3 Å². The van der Waals surface area contributed by atoms with Crippen LogP contribution in [0.15, 0.2) is 23.5 Å². The zero-order valence-electron chi connectivity index (χ0n) is 4.91. The Hall–Kier alpha value is -0.760. The van der Waals surface area contributed by atoms with E-state index in [1.165, 1.54) is 6.20 Å². The Bertz CT molecular complexity index is 281. The van der Waals surface area contributed by atoms with Crippen LogP contribution in [0, 0.1) is 0 Å². The zero-order chi connectivity index (χ0) is 7.40. The predicted octanol–water partition coefficient (Wildman–Crippen LogP) is 2.47. The summed E-state index contributed by atoms with van der Waals surface area (Å²) in [6.45, 7) is 0. The molecule has 50 valence electrons. The zero-order valence-corrected chi connectivity index (χ0v) is 6.49. The molecule has 4 heteroatoms. The lowest BCUT2D eigenvalue weighted by Crippen LogP contribution is -1.69. The second-order valence-corrected chi connectivity index (χ2v) is 2.18. The van der Waals surface area contributed by atoms with Crippen LogP contribution in [0.25, 0.3) is 0 Å². The Kier molecular flexibility index (Phi) is 2.51. The Morgan fingerprint density at radius 2 is 2.40 bits per heavy atom. The van der Waals surface area contributed by atoms with Crippen molar-refractivity contribution < 1.29 is 0 Å². The molecular weight excluding hydrogens is 168 g/mol. The van der Waals surface area contributed by atoms with E-state index < -0.39 is 0 Å². The largest absolute Gasteiger partial charge is 0.261 e. The molecule has 0 aliphatic rings. The van der Waals surface area contributed by atoms with Crippen LogP contribution in [0.4, 0.5) is 5.69 Å². The first-order valence-electron chi connectivity index (χ1n) is 2.51. The lowest BCUT2D eigenvalue weighted by molar-refractivity contribution is 1.31. The van der Waals surface area contributed by atoms with Crippen LogP contribution < -0.4 is 0 Å². The highest BCUT2D eigenvalue weighted by Crippen LogP contribution is 2.14. The van der Waals surface area contributed by atoms with Crippen LogP contribution in [-0.4, -0.2) is 10.1 Å². The quantitative estimate of drug-likeness (QED) is 0.478. The fourth-order valence-corrected chi connectivity index (χ4v) is 0.788. The van der Waals surface area contributed by atoms with E-state index in [2.05, 4.69) is 27.4 Å². The number of halogens is 1. The van der Waals surface area contributed by atoms with E-state index in [4.69, 9.17) is 11.6 Å². The fraction of sp³-hybridized carbons (Fsp3) is 0. The standard InChI is InChI=1S/C6H3ClN2S/c7-5-1-6(9-4-10)3-8-2-5/h1-3H. The van der Waals surface area contributed by atoms with Crippen LogP contribution in [0.5, 0.6) is 0 Å². The molecule has 0 N–H and O–H groups in total. The maximum Gasteiger partial charge on any atom is 0.0937 e. The highest BCUT2D eigenvalue weighted by Gasteiger charge is 1.88. The first-order valence-corrected chi connectivity index (χ1v) is 3.30. The Labute approximate surface area is 68.6 Å². The topological polar surface area (TPSA) is 25.2 Å². The van der Waals surface area contributed by atoms with Gasteiger partial charge in [-0.15, -0.1) is 0 Å². The third-order valence-corrected chi connectivity index (χ3v) is 1.16. The maximum atomic E-state index is 5.60. The van der Waals surface area contributed by atoms with Gasteiger partial charge in [-0.2, -0.15) is 4.99 Å². The molecule has 1 aromatic heterocycles. The molecular formula is C6H3ClN2S. The van der Waals surface area contributed by atoms with Gasteiger partial charge in [-0.1, -0.05) is 11.6 Å². The predicted molar refractivity (Wildman–Crippen MR) is 43.9 cm³/mol. The summed E-state index contributed by atoms with van der Waals surface area (Å²) in [6.07, 6.45) is 3.09. The molecule has 1 rings (SSSR count). The number of aliphatic imine (C=N–C) groups is 1. The molecule has 0 saturated carbocycles. The summed E-state index contributed by atoms with van der Waals surface area (Å²) >= 11 is 9.99. The average molecular weight is 171 g/mol. The lowest BCUT2D eigenvalue weighted by atomic mass is 10.4. The van der Waals surface area contributed by atoms with Gasteiger partial charge in [0.2, 0.25) is 0 Å². The third-order valence-electron chi connectivity index (χ3n) is 0.865. The summed E-state index contributed by atoms with van der Waals surface area (Å²) < 4.78 is 0. The normalized spacial score (nSPS) is 8.50. The molecule has 0 spiro atoms. The van der Waals surface area contributed by atoms with Crippen LogP contribution in [0.2, 0.25) is 5.02 Å². The van der Waals surface area contributed by atoms with Gasteiger partial charge < -0.3 is 0 Å². The van der Waals surface area contributed by atoms with Gasteiger partial charge >= 0.3 is 0 Å². The highest BCUT2D eigenvalue weighted by atomic mass is 35.5. The van der Waals surface area contributed by atoms with Gasteiger partial charge in [-0.3, -0.25) is 4.98 Å². The molecule has 0 radical (unpaired) electrons. The first kappa shape index (κ1) is 7.35. The molecule has 0 bridgehead atoms. The van der Waals surface area contributed by atoms with E-state index in [0.717, 1.165) is 0 Å². The van der Waals surface area contributed by atoms with Gasteiger partial charge in [0.15, 0.2) is 0 Å². The molecule has 0 fully saturated rings.